The predicted molar refractivity (Wildman–Crippen MR) is 90.4 cm³/mol. The van der Waals surface area contributed by atoms with Crippen molar-refractivity contribution in [2.45, 2.75) is 44.6 Å². The van der Waals surface area contributed by atoms with Gasteiger partial charge in [-0.1, -0.05) is 17.7 Å². The van der Waals surface area contributed by atoms with E-state index in [1.54, 1.807) is 6.20 Å². The van der Waals surface area contributed by atoms with Gasteiger partial charge in [-0.25, -0.2) is 9.78 Å². The molecule has 0 unspecified atom stereocenters. The number of carbonyl (C=O) groups is 2. The minimum absolute atomic E-state index is 0.00970. The second-order valence-corrected chi connectivity index (χ2v) is 6.32. The van der Waals surface area contributed by atoms with Gasteiger partial charge in [0.25, 0.3) is 0 Å². The van der Waals surface area contributed by atoms with Crippen molar-refractivity contribution >= 4 is 23.5 Å². The molecule has 1 N–H and O–H groups in total. The summed E-state index contributed by atoms with van der Waals surface area (Å²) in [6, 6.07) is 3.70. The molecule has 2 rings (SSSR count). The number of halogens is 1. The molecule has 1 fully saturated rings. The number of Topliss-reactive ketones (excluding diaryl/α,β-unsaturated/α-hetero) is 1. The lowest BCUT2D eigenvalue weighted by Gasteiger charge is -2.13. The number of rotatable bonds is 9. The fourth-order valence-electron chi connectivity index (χ4n) is 2.72. The number of nitrogens with zero attached hydrogens (tertiary/aromatic N) is 2. The van der Waals surface area contributed by atoms with Gasteiger partial charge in [0.1, 0.15) is 10.9 Å². The summed E-state index contributed by atoms with van der Waals surface area (Å²) >= 11 is 5.97. The number of aromatic nitrogens is 1. The Bertz CT molecular complexity index is 567. The van der Waals surface area contributed by atoms with Gasteiger partial charge in [0.2, 0.25) is 0 Å². The first-order valence-electron chi connectivity index (χ1n) is 8.27. The van der Waals surface area contributed by atoms with Gasteiger partial charge in [0.15, 0.2) is 0 Å². The van der Waals surface area contributed by atoms with E-state index in [0.717, 1.165) is 24.8 Å². The van der Waals surface area contributed by atoms with E-state index >= 15 is 0 Å². The van der Waals surface area contributed by atoms with Crippen LogP contribution in [0.5, 0.6) is 0 Å². The van der Waals surface area contributed by atoms with E-state index < -0.39 is 6.09 Å². The first-order chi connectivity index (χ1) is 11.6. The largest absolute Gasteiger partial charge is 0.465 e. The van der Waals surface area contributed by atoms with Crippen LogP contribution in [0.15, 0.2) is 18.3 Å². The van der Waals surface area contributed by atoms with Crippen LogP contribution in [0.25, 0.3) is 0 Å². The number of carbonyl (C=O) groups excluding carboxylic acids is 1. The van der Waals surface area contributed by atoms with Crippen LogP contribution in [0, 0.1) is 0 Å². The van der Waals surface area contributed by atoms with Gasteiger partial charge in [0.05, 0.1) is 12.6 Å². The number of unbranched alkanes of at least 4 members (excludes halogenated alkanes) is 1. The van der Waals surface area contributed by atoms with Gasteiger partial charge < -0.3 is 14.7 Å². The Morgan fingerprint density at radius 2 is 2.21 bits per heavy atom. The quantitative estimate of drug-likeness (QED) is 0.544. The lowest BCUT2D eigenvalue weighted by Crippen LogP contribution is -2.28. The Kier molecular flexibility index (Phi) is 7.46. The average molecular weight is 355 g/mol. The summed E-state index contributed by atoms with van der Waals surface area (Å²) in [5.41, 5.74) is 0.903. The van der Waals surface area contributed by atoms with Crippen molar-refractivity contribution in [3.8, 4) is 0 Å². The van der Waals surface area contributed by atoms with Crippen LogP contribution in [-0.2, 0) is 16.0 Å². The van der Waals surface area contributed by atoms with Crippen LogP contribution in [-0.4, -0.2) is 52.7 Å². The molecule has 6 nitrogen and oxygen atoms in total. The second-order valence-electron chi connectivity index (χ2n) is 5.96. The molecule has 0 aliphatic carbocycles. The zero-order chi connectivity index (χ0) is 17.4. The van der Waals surface area contributed by atoms with E-state index in [9.17, 15) is 9.59 Å². The van der Waals surface area contributed by atoms with Crippen LogP contribution in [0.4, 0.5) is 4.79 Å². The van der Waals surface area contributed by atoms with E-state index in [4.69, 9.17) is 21.4 Å². The van der Waals surface area contributed by atoms with Crippen LogP contribution >= 0.6 is 11.6 Å². The highest BCUT2D eigenvalue weighted by Gasteiger charge is 2.26. The highest BCUT2D eigenvalue weighted by atomic mass is 35.5. The number of ketones is 1. The van der Waals surface area contributed by atoms with Crippen molar-refractivity contribution < 1.29 is 19.4 Å². The first-order valence-corrected chi connectivity index (χ1v) is 8.64. The number of pyridine rings is 1. The minimum Gasteiger partial charge on any atom is -0.465 e. The molecular formula is C17H23ClN2O4. The molecule has 1 saturated heterocycles. The van der Waals surface area contributed by atoms with Crippen LogP contribution in [0.1, 0.15) is 37.7 Å². The average Bonchev–Trinajstić information content (AvgIpc) is 3.03. The molecule has 1 amide bonds. The number of amides is 1. The summed E-state index contributed by atoms with van der Waals surface area (Å²) in [6.45, 7) is 1.55. The lowest BCUT2D eigenvalue weighted by atomic mass is 10.1. The molecule has 1 aromatic heterocycles. The number of ether oxygens (including phenoxy) is 1. The summed E-state index contributed by atoms with van der Waals surface area (Å²) in [5, 5.41) is 9.34. The highest BCUT2D eigenvalue weighted by molar-refractivity contribution is 6.30. The van der Waals surface area contributed by atoms with Crippen LogP contribution in [0.3, 0.4) is 0 Å². The molecular weight excluding hydrogens is 332 g/mol. The second kappa shape index (κ2) is 9.59. The standard InChI is InChI=1S/C17H23ClN2O4/c18-16-13(4-3-9-19-16)6-7-14(21)5-1-2-11-24-15-8-10-20(12-15)17(22)23/h3-4,9,15H,1-2,5-8,10-12H2,(H,22,23)/t15-/m1/s1. The summed E-state index contributed by atoms with van der Waals surface area (Å²) in [7, 11) is 0. The maximum absolute atomic E-state index is 11.9. The Balaban J connectivity index is 1.52. The van der Waals surface area contributed by atoms with Gasteiger partial charge >= 0.3 is 6.09 Å². The Labute approximate surface area is 146 Å². The molecule has 7 heteroatoms. The Morgan fingerprint density at radius 3 is 2.92 bits per heavy atom. The molecule has 1 aliphatic heterocycles. The predicted octanol–water partition coefficient (Wildman–Crippen LogP) is 3.18. The third kappa shape index (κ3) is 6.09. The number of hydrogen-bond donors (Lipinski definition) is 1. The van der Waals surface area contributed by atoms with E-state index in [1.165, 1.54) is 4.90 Å². The molecule has 2 heterocycles. The van der Waals surface area contributed by atoms with Gasteiger partial charge in [-0.3, -0.25) is 4.79 Å². The monoisotopic (exact) mass is 354 g/mol. The van der Waals surface area contributed by atoms with Gasteiger partial charge in [-0.05, 0) is 37.3 Å². The molecule has 0 bridgehead atoms. The molecule has 0 aromatic carbocycles. The van der Waals surface area contributed by atoms with Crippen molar-refractivity contribution in [2.24, 2.45) is 0 Å². The summed E-state index contributed by atoms with van der Waals surface area (Å²) in [5.74, 6) is 0.216. The number of likely N-dealkylation sites (tertiary alicyclic amines) is 1. The van der Waals surface area contributed by atoms with E-state index in [-0.39, 0.29) is 11.9 Å². The summed E-state index contributed by atoms with van der Waals surface area (Å²) in [6.07, 6.45) is 4.71. The molecule has 1 atom stereocenters. The molecule has 24 heavy (non-hydrogen) atoms. The number of carboxylic acid groups (broad SMARTS) is 1. The Morgan fingerprint density at radius 1 is 1.38 bits per heavy atom. The zero-order valence-corrected chi connectivity index (χ0v) is 14.4. The normalized spacial score (nSPS) is 17.2. The summed E-state index contributed by atoms with van der Waals surface area (Å²) in [4.78, 5) is 28.1. The molecule has 0 radical (unpaired) electrons. The van der Waals surface area contributed by atoms with E-state index in [0.29, 0.717) is 44.1 Å². The molecule has 1 aromatic rings. The molecule has 0 saturated carbocycles. The first kappa shape index (κ1) is 18.7. The third-order valence-corrected chi connectivity index (χ3v) is 4.47. The SMILES string of the molecule is O=C(CCCCO[C@@H]1CCN(C(=O)O)C1)CCc1cccnc1Cl. The molecule has 1 aliphatic rings. The fraction of sp³-hybridized carbons (Fsp3) is 0.588. The van der Waals surface area contributed by atoms with E-state index in [2.05, 4.69) is 4.98 Å². The van der Waals surface area contributed by atoms with Crippen molar-refractivity contribution in [3.63, 3.8) is 0 Å². The lowest BCUT2D eigenvalue weighted by molar-refractivity contribution is -0.119. The maximum atomic E-state index is 11.9. The fourth-order valence-corrected chi connectivity index (χ4v) is 2.93. The molecule has 0 spiro atoms. The minimum atomic E-state index is -0.889. The van der Waals surface area contributed by atoms with Gasteiger partial charge in [-0.2, -0.15) is 0 Å². The number of hydrogen-bond acceptors (Lipinski definition) is 4. The van der Waals surface area contributed by atoms with Gasteiger partial charge in [0, 0.05) is 32.2 Å². The highest BCUT2D eigenvalue weighted by Crippen LogP contribution is 2.15. The smallest absolute Gasteiger partial charge is 0.407 e. The zero-order valence-electron chi connectivity index (χ0n) is 13.6. The number of aryl methyl sites for hydroxylation is 1. The van der Waals surface area contributed by atoms with Crippen molar-refractivity contribution in [1.29, 1.82) is 0 Å². The van der Waals surface area contributed by atoms with Crippen LogP contribution < -0.4 is 0 Å². The van der Waals surface area contributed by atoms with Crippen molar-refractivity contribution in [3.05, 3.63) is 29.0 Å². The van der Waals surface area contributed by atoms with E-state index in [1.807, 2.05) is 12.1 Å². The Hall–Kier alpha value is -1.66. The topological polar surface area (TPSA) is 79.7 Å². The van der Waals surface area contributed by atoms with Crippen molar-refractivity contribution in [2.75, 3.05) is 19.7 Å². The summed E-state index contributed by atoms with van der Waals surface area (Å²) < 4.78 is 5.67. The maximum Gasteiger partial charge on any atom is 0.407 e. The molecule has 132 valence electrons. The van der Waals surface area contributed by atoms with Crippen LogP contribution in [0.2, 0.25) is 5.15 Å². The van der Waals surface area contributed by atoms with Crippen molar-refractivity contribution in [1.82, 2.24) is 9.88 Å². The third-order valence-electron chi connectivity index (χ3n) is 4.13. The van der Waals surface area contributed by atoms with Gasteiger partial charge in [-0.15, -0.1) is 0 Å².